The number of piperidine rings is 1. The lowest BCUT2D eigenvalue weighted by Crippen LogP contribution is -2.54. The average molecular weight is 209 g/mol. The number of rotatable bonds is 0. The van der Waals surface area contributed by atoms with Gasteiger partial charge in [0.2, 0.25) is 5.91 Å². The van der Waals surface area contributed by atoms with Crippen LogP contribution in [-0.2, 0) is 4.79 Å². The lowest BCUT2D eigenvalue weighted by Gasteiger charge is -2.49. The van der Waals surface area contributed by atoms with Crippen LogP contribution in [0.25, 0.3) is 0 Å². The van der Waals surface area contributed by atoms with E-state index < -0.39 is 0 Å². The van der Waals surface area contributed by atoms with E-state index in [1.165, 1.54) is 32.1 Å². The van der Waals surface area contributed by atoms with Crippen LogP contribution >= 0.6 is 0 Å². The molecule has 0 aromatic rings. The SMILES string of the molecule is CC(=O)N1[C@H](C)C2CCCCC2C[C@@H]1C. The molecule has 2 rings (SSSR count). The fourth-order valence-corrected chi connectivity index (χ4v) is 3.92. The summed E-state index contributed by atoms with van der Waals surface area (Å²) < 4.78 is 0. The molecule has 2 unspecified atom stereocenters. The van der Waals surface area contributed by atoms with Crippen molar-refractivity contribution in [2.24, 2.45) is 11.8 Å². The second-order valence-corrected chi connectivity index (χ2v) is 5.46. The van der Waals surface area contributed by atoms with Crippen molar-refractivity contribution in [1.29, 1.82) is 0 Å². The highest BCUT2D eigenvalue weighted by Gasteiger charge is 2.40. The van der Waals surface area contributed by atoms with Crippen LogP contribution in [0.1, 0.15) is 52.9 Å². The van der Waals surface area contributed by atoms with Gasteiger partial charge in [-0.05, 0) is 38.5 Å². The van der Waals surface area contributed by atoms with Gasteiger partial charge in [-0.2, -0.15) is 0 Å². The summed E-state index contributed by atoms with van der Waals surface area (Å²) in [4.78, 5) is 13.7. The van der Waals surface area contributed by atoms with Gasteiger partial charge in [-0.15, -0.1) is 0 Å². The summed E-state index contributed by atoms with van der Waals surface area (Å²) in [5.74, 6) is 1.93. The second kappa shape index (κ2) is 4.15. The maximum Gasteiger partial charge on any atom is 0.219 e. The average Bonchev–Trinajstić information content (AvgIpc) is 2.17. The molecule has 2 fully saturated rings. The van der Waals surface area contributed by atoms with E-state index in [2.05, 4.69) is 18.7 Å². The molecule has 2 heteroatoms. The summed E-state index contributed by atoms with van der Waals surface area (Å²) in [6.45, 7) is 6.18. The number of carbonyl (C=O) groups excluding carboxylic acids is 1. The van der Waals surface area contributed by atoms with Crippen molar-refractivity contribution < 1.29 is 4.79 Å². The zero-order chi connectivity index (χ0) is 11.0. The largest absolute Gasteiger partial charge is 0.337 e. The molecule has 2 aliphatic rings. The number of fused-ring (bicyclic) bond motifs is 1. The summed E-state index contributed by atoms with van der Waals surface area (Å²) in [5.41, 5.74) is 0. The van der Waals surface area contributed by atoms with E-state index in [9.17, 15) is 4.79 Å². The Balaban J connectivity index is 2.14. The highest BCUT2D eigenvalue weighted by Crippen LogP contribution is 2.41. The van der Waals surface area contributed by atoms with E-state index in [0.29, 0.717) is 12.1 Å². The number of hydrogen-bond donors (Lipinski definition) is 0. The van der Waals surface area contributed by atoms with Gasteiger partial charge in [-0.3, -0.25) is 4.79 Å². The van der Waals surface area contributed by atoms with Crippen LogP contribution in [0.3, 0.4) is 0 Å². The van der Waals surface area contributed by atoms with Crippen LogP contribution in [-0.4, -0.2) is 22.9 Å². The van der Waals surface area contributed by atoms with Gasteiger partial charge >= 0.3 is 0 Å². The van der Waals surface area contributed by atoms with Crippen LogP contribution in [0.2, 0.25) is 0 Å². The van der Waals surface area contributed by atoms with Gasteiger partial charge in [0.25, 0.3) is 0 Å². The normalized spacial score (nSPS) is 41.1. The van der Waals surface area contributed by atoms with Gasteiger partial charge in [-0.25, -0.2) is 0 Å². The van der Waals surface area contributed by atoms with Crippen LogP contribution in [0, 0.1) is 11.8 Å². The van der Waals surface area contributed by atoms with E-state index in [1.807, 2.05) is 0 Å². The maximum atomic E-state index is 11.6. The van der Waals surface area contributed by atoms with Crippen molar-refractivity contribution in [2.75, 3.05) is 0 Å². The molecule has 0 radical (unpaired) electrons. The molecule has 1 amide bonds. The van der Waals surface area contributed by atoms with Crippen molar-refractivity contribution in [3.63, 3.8) is 0 Å². The Labute approximate surface area is 93.0 Å². The molecule has 2 nitrogen and oxygen atoms in total. The van der Waals surface area contributed by atoms with Gasteiger partial charge in [0, 0.05) is 19.0 Å². The quantitative estimate of drug-likeness (QED) is 0.601. The smallest absolute Gasteiger partial charge is 0.219 e. The molecule has 0 aromatic carbocycles. The molecule has 1 heterocycles. The van der Waals surface area contributed by atoms with Gasteiger partial charge in [0.05, 0.1) is 0 Å². The summed E-state index contributed by atoms with van der Waals surface area (Å²) >= 11 is 0. The van der Waals surface area contributed by atoms with Crippen molar-refractivity contribution in [2.45, 2.75) is 65.0 Å². The Kier molecular flexibility index (Phi) is 3.03. The van der Waals surface area contributed by atoms with Crippen molar-refractivity contribution in [3.05, 3.63) is 0 Å². The summed E-state index contributed by atoms with van der Waals surface area (Å²) in [6.07, 6.45) is 6.73. The minimum atomic E-state index is 0.263. The van der Waals surface area contributed by atoms with Crippen LogP contribution in [0.4, 0.5) is 0 Å². The number of nitrogens with zero attached hydrogens (tertiary/aromatic N) is 1. The van der Waals surface area contributed by atoms with Crippen LogP contribution < -0.4 is 0 Å². The standard InChI is InChI=1S/C13H23NO/c1-9-8-12-6-4-5-7-13(12)10(2)14(9)11(3)15/h9-10,12-13H,4-8H2,1-3H3/t9-,10+,12?,13?/m0/s1. The fourth-order valence-electron chi connectivity index (χ4n) is 3.92. The Morgan fingerprint density at radius 1 is 1.20 bits per heavy atom. The Hall–Kier alpha value is -0.530. The van der Waals surface area contributed by atoms with E-state index in [0.717, 1.165) is 11.8 Å². The third-order valence-corrected chi connectivity index (χ3v) is 4.51. The molecule has 4 atom stereocenters. The first-order valence-electron chi connectivity index (χ1n) is 6.40. The zero-order valence-corrected chi connectivity index (χ0v) is 10.2. The molecule has 0 spiro atoms. The van der Waals surface area contributed by atoms with E-state index in [-0.39, 0.29) is 5.91 Å². The minimum absolute atomic E-state index is 0.263. The second-order valence-electron chi connectivity index (χ2n) is 5.46. The monoisotopic (exact) mass is 209 g/mol. The molecule has 86 valence electrons. The van der Waals surface area contributed by atoms with Crippen molar-refractivity contribution in [3.8, 4) is 0 Å². The Bertz CT molecular complexity index is 251. The van der Waals surface area contributed by atoms with Gasteiger partial charge in [0.1, 0.15) is 0 Å². The highest BCUT2D eigenvalue weighted by molar-refractivity contribution is 5.74. The fraction of sp³-hybridized carbons (Fsp3) is 0.923. The van der Waals surface area contributed by atoms with E-state index in [4.69, 9.17) is 0 Å². The first kappa shape index (κ1) is 11.0. The number of likely N-dealkylation sites (tertiary alicyclic amines) is 1. The predicted octanol–water partition coefficient (Wildman–Crippen LogP) is 2.82. The van der Waals surface area contributed by atoms with Gasteiger partial charge < -0.3 is 4.90 Å². The number of amides is 1. The molecular weight excluding hydrogens is 186 g/mol. The summed E-state index contributed by atoms with van der Waals surface area (Å²) in [7, 11) is 0. The third-order valence-electron chi connectivity index (χ3n) is 4.51. The van der Waals surface area contributed by atoms with E-state index in [1.54, 1.807) is 6.92 Å². The van der Waals surface area contributed by atoms with E-state index >= 15 is 0 Å². The summed E-state index contributed by atoms with van der Waals surface area (Å²) in [5, 5.41) is 0. The molecule has 1 saturated heterocycles. The van der Waals surface area contributed by atoms with Gasteiger partial charge in [0.15, 0.2) is 0 Å². The molecule has 1 aliphatic heterocycles. The molecule has 1 saturated carbocycles. The molecule has 15 heavy (non-hydrogen) atoms. The third kappa shape index (κ3) is 1.91. The molecular formula is C13H23NO. The van der Waals surface area contributed by atoms with Crippen LogP contribution in [0.5, 0.6) is 0 Å². The first-order chi connectivity index (χ1) is 7.11. The Morgan fingerprint density at radius 2 is 1.87 bits per heavy atom. The molecule has 0 N–H and O–H groups in total. The van der Waals surface area contributed by atoms with Crippen LogP contribution in [0.15, 0.2) is 0 Å². The molecule has 1 aliphatic carbocycles. The Morgan fingerprint density at radius 3 is 2.53 bits per heavy atom. The lowest BCUT2D eigenvalue weighted by atomic mass is 9.69. The van der Waals surface area contributed by atoms with Crippen molar-refractivity contribution in [1.82, 2.24) is 4.90 Å². The number of carbonyl (C=O) groups is 1. The molecule has 0 bridgehead atoms. The topological polar surface area (TPSA) is 20.3 Å². The predicted molar refractivity (Wildman–Crippen MR) is 61.5 cm³/mol. The summed E-state index contributed by atoms with van der Waals surface area (Å²) in [6, 6.07) is 0.924. The molecule has 0 aromatic heterocycles. The highest BCUT2D eigenvalue weighted by atomic mass is 16.2. The lowest BCUT2D eigenvalue weighted by molar-refractivity contribution is -0.139. The minimum Gasteiger partial charge on any atom is -0.337 e. The van der Waals surface area contributed by atoms with Gasteiger partial charge in [-0.1, -0.05) is 19.3 Å². The van der Waals surface area contributed by atoms with Crippen molar-refractivity contribution >= 4 is 5.91 Å². The first-order valence-corrected chi connectivity index (χ1v) is 6.40. The number of hydrogen-bond acceptors (Lipinski definition) is 1. The maximum absolute atomic E-state index is 11.6. The zero-order valence-electron chi connectivity index (χ0n) is 10.2.